The molecule has 4 rings (SSSR count). The normalized spacial score (nSPS) is 14.3. The summed E-state index contributed by atoms with van der Waals surface area (Å²) >= 11 is 6.07. The van der Waals surface area contributed by atoms with Gasteiger partial charge in [-0.3, -0.25) is 14.5 Å². The van der Waals surface area contributed by atoms with Gasteiger partial charge in [0.05, 0.1) is 16.6 Å². The standard InChI is InChI=1S/C27H28ClN3O2/c28-24-14-8-7-13-23(24)27(33)29-16-15-25(32)30-17-19-31(20-18-30)26(21-9-3-1-4-10-21)22-11-5-2-6-12-22/h1-14,26H,15-20H2,(H,29,33). The summed E-state index contributed by atoms with van der Waals surface area (Å²) in [5, 5.41) is 3.20. The molecule has 0 spiro atoms. The van der Waals surface area contributed by atoms with Gasteiger partial charge in [-0.05, 0) is 23.3 Å². The van der Waals surface area contributed by atoms with E-state index in [9.17, 15) is 9.59 Å². The second-order valence-corrected chi connectivity index (χ2v) is 8.53. The highest BCUT2D eigenvalue weighted by atomic mass is 35.5. The average molecular weight is 462 g/mol. The molecule has 6 heteroatoms. The van der Waals surface area contributed by atoms with Crippen LogP contribution in [0.1, 0.15) is 33.9 Å². The van der Waals surface area contributed by atoms with E-state index in [0.29, 0.717) is 30.2 Å². The maximum atomic E-state index is 12.7. The Morgan fingerprint density at radius 1 is 0.788 bits per heavy atom. The third-order valence-electron chi connectivity index (χ3n) is 6.01. The second kappa shape index (κ2) is 11.1. The molecule has 33 heavy (non-hydrogen) atoms. The lowest BCUT2D eigenvalue weighted by Gasteiger charge is -2.40. The van der Waals surface area contributed by atoms with Gasteiger partial charge in [0.25, 0.3) is 5.91 Å². The van der Waals surface area contributed by atoms with Crippen LogP contribution in [0, 0.1) is 0 Å². The molecule has 5 nitrogen and oxygen atoms in total. The Labute approximate surface area is 200 Å². The van der Waals surface area contributed by atoms with Crippen LogP contribution in [0.5, 0.6) is 0 Å². The summed E-state index contributed by atoms with van der Waals surface area (Å²) < 4.78 is 0. The fraction of sp³-hybridized carbons (Fsp3) is 0.259. The molecule has 3 aromatic rings. The number of rotatable bonds is 7. The first-order valence-electron chi connectivity index (χ1n) is 11.3. The third-order valence-corrected chi connectivity index (χ3v) is 6.34. The summed E-state index contributed by atoms with van der Waals surface area (Å²) in [4.78, 5) is 29.3. The van der Waals surface area contributed by atoms with Crippen molar-refractivity contribution in [2.24, 2.45) is 0 Å². The molecule has 0 bridgehead atoms. The number of halogens is 1. The first-order valence-corrected chi connectivity index (χ1v) is 11.7. The summed E-state index contributed by atoms with van der Waals surface area (Å²) in [6.07, 6.45) is 0.275. The predicted octanol–water partition coefficient (Wildman–Crippen LogP) is 4.39. The molecule has 1 saturated heterocycles. The van der Waals surface area contributed by atoms with Gasteiger partial charge in [-0.15, -0.1) is 0 Å². The summed E-state index contributed by atoms with van der Waals surface area (Å²) in [5.41, 5.74) is 2.93. The molecule has 1 heterocycles. The van der Waals surface area contributed by atoms with E-state index in [1.807, 2.05) is 17.0 Å². The van der Waals surface area contributed by atoms with Crippen LogP contribution >= 0.6 is 11.6 Å². The molecule has 0 aromatic heterocycles. The molecular weight excluding hydrogens is 434 g/mol. The smallest absolute Gasteiger partial charge is 0.252 e. The maximum Gasteiger partial charge on any atom is 0.252 e. The highest BCUT2D eigenvalue weighted by Gasteiger charge is 2.28. The molecule has 0 aliphatic carbocycles. The highest BCUT2D eigenvalue weighted by Crippen LogP contribution is 2.29. The van der Waals surface area contributed by atoms with Crippen molar-refractivity contribution in [1.29, 1.82) is 0 Å². The molecule has 0 radical (unpaired) electrons. The minimum absolute atomic E-state index is 0.0603. The van der Waals surface area contributed by atoms with Crippen molar-refractivity contribution in [2.75, 3.05) is 32.7 Å². The van der Waals surface area contributed by atoms with Crippen molar-refractivity contribution in [3.8, 4) is 0 Å². The van der Waals surface area contributed by atoms with Crippen molar-refractivity contribution in [2.45, 2.75) is 12.5 Å². The van der Waals surface area contributed by atoms with Gasteiger partial charge in [0.15, 0.2) is 0 Å². The van der Waals surface area contributed by atoms with Crippen LogP contribution in [0.2, 0.25) is 5.02 Å². The van der Waals surface area contributed by atoms with Crippen molar-refractivity contribution < 1.29 is 9.59 Å². The number of piperazine rings is 1. The van der Waals surface area contributed by atoms with Gasteiger partial charge in [0, 0.05) is 39.1 Å². The molecule has 0 saturated carbocycles. The van der Waals surface area contributed by atoms with E-state index in [2.05, 4.69) is 58.7 Å². The van der Waals surface area contributed by atoms with Gasteiger partial charge in [-0.25, -0.2) is 0 Å². The number of nitrogens with zero attached hydrogens (tertiary/aromatic N) is 2. The molecule has 0 atom stereocenters. The Balaban J connectivity index is 1.31. The van der Waals surface area contributed by atoms with Gasteiger partial charge < -0.3 is 10.2 Å². The first-order chi connectivity index (χ1) is 16.1. The summed E-state index contributed by atoms with van der Waals surface area (Å²) in [6, 6.07) is 28.1. The molecule has 1 fully saturated rings. The van der Waals surface area contributed by atoms with Crippen LogP contribution in [0.4, 0.5) is 0 Å². The Morgan fingerprint density at radius 3 is 1.91 bits per heavy atom. The van der Waals surface area contributed by atoms with E-state index in [4.69, 9.17) is 11.6 Å². The van der Waals surface area contributed by atoms with Crippen LogP contribution in [0.25, 0.3) is 0 Å². The lowest BCUT2D eigenvalue weighted by Crippen LogP contribution is -2.50. The predicted molar refractivity (Wildman–Crippen MR) is 131 cm³/mol. The van der Waals surface area contributed by atoms with E-state index in [1.54, 1.807) is 24.3 Å². The van der Waals surface area contributed by atoms with Crippen molar-refractivity contribution in [3.63, 3.8) is 0 Å². The zero-order chi connectivity index (χ0) is 23.0. The van der Waals surface area contributed by atoms with E-state index in [0.717, 1.165) is 13.1 Å². The number of benzene rings is 3. The molecule has 1 aliphatic heterocycles. The Hall–Kier alpha value is -3.15. The largest absolute Gasteiger partial charge is 0.351 e. The number of hydrogen-bond donors (Lipinski definition) is 1. The topological polar surface area (TPSA) is 52.7 Å². The summed E-state index contributed by atoms with van der Waals surface area (Å²) in [5.74, 6) is -0.197. The Bertz CT molecular complexity index is 1030. The van der Waals surface area contributed by atoms with Crippen molar-refractivity contribution in [1.82, 2.24) is 15.1 Å². The monoisotopic (exact) mass is 461 g/mol. The van der Waals surface area contributed by atoms with E-state index < -0.39 is 0 Å². The van der Waals surface area contributed by atoms with Crippen LogP contribution in [0.15, 0.2) is 84.9 Å². The first kappa shape index (κ1) is 23.0. The Morgan fingerprint density at radius 2 is 1.33 bits per heavy atom. The van der Waals surface area contributed by atoms with Crippen molar-refractivity contribution >= 4 is 23.4 Å². The van der Waals surface area contributed by atoms with Gasteiger partial charge in [0.1, 0.15) is 0 Å². The van der Waals surface area contributed by atoms with E-state index in [-0.39, 0.29) is 24.3 Å². The minimum Gasteiger partial charge on any atom is -0.351 e. The lowest BCUT2D eigenvalue weighted by molar-refractivity contribution is -0.133. The Kier molecular flexibility index (Phi) is 7.76. The van der Waals surface area contributed by atoms with Crippen LogP contribution in [0.3, 0.4) is 0 Å². The highest BCUT2D eigenvalue weighted by molar-refractivity contribution is 6.33. The number of hydrogen-bond acceptors (Lipinski definition) is 3. The van der Waals surface area contributed by atoms with Gasteiger partial charge >= 0.3 is 0 Å². The van der Waals surface area contributed by atoms with Gasteiger partial charge in [-0.2, -0.15) is 0 Å². The third kappa shape index (κ3) is 5.81. The average Bonchev–Trinajstić information content (AvgIpc) is 2.86. The summed E-state index contributed by atoms with van der Waals surface area (Å²) in [6.45, 7) is 3.24. The number of amides is 2. The molecular formula is C27H28ClN3O2. The van der Waals surface area contributed by atoms with Gasteiger partial charge in [-0.1, -0.05) is 84.4 Å². The zero-order valence-corrected chi connectivity index (χ0v) is 19.2. The molecule has 170 valence electrons. The maximum absolute atomic E-state index is 12.7. The molecule has 1 N–H and O–H groups in total. The van der Waals surface area contributed by atoms with Crippen LogP contribution < -0.4 is 5.32 Å². The molecule has 0 unspecified atom stereocenters. The summed E-state index contributed by atoms with van der Waals surface area (Å²) in [7, 11) is 0. The quantitative estimate of drug-likeness (QED) is 0.567. The van der Waals surface area contributed by atoms with Gasteiger partial charge in [0.2, 0.25) is 5.91 Å². The van der Waals surface area contributed by atoms with Crippen molar-refractivity contribution in [3.05, 3.63) is 107 Å². The van der Waals surface area contributed by atoms with E-state index >= 15 is 0 Å². The SMILES string of the molecule is O=C(NCCC(=O)N1CCN(C(c2ccccc2)c2ccccc2)CC1)c1ccccc1Cl. The fourth-order valence-corrected chi connectivity index (χ4v) is 4.52. The zero-order valence-electron chi connectivity index (χ0n) is 18.5. The molecule has 3 aromatic carbocycles. The van der Waals surface area contributed by atoms with Crippen LogP contribution in [-0.2, 0) is 4.79 Å². The fourth-order valence-electron chi connectivity index (χ4n) is 4.30. The molecule has 1 aliphatic rings. The van der Waals surface area contributed by atoms with Crippen LogP contribution in [-0.4, -0.2) is 54.3 Å². The van der Waals surface area contributed by atoms with E-state index in [1.165, 1.54) is 11.1 Å². The lowest BCUT2D eigenvalue weighted by atomic mass is 9.96. The second-order valence-electron chi connectivity index (χ2n) is 8.13. The number of nitrogens with one attached hydrogen (secondary N) is 1. The number of carbonyl (C=O) groups is 2. The number of carbonyl (C=O) groups excluding carboxylic acids is 2. The minimum atomic E-state index is -0.258. The molecule has 2 amide bonds.